The van der Waals surface area contributed by atoms with Crippen LogP contribution >= 0.6 is 0 Å². The molecule has 31 heavy (non-hydrogen) atoms. The molecule has 0 aliphatic carbocycles. The Kier molecular flexibility index (Phi) is 4.13. The fourth-order valence-electron chi connectivity index (χ4n) is 4.54. The molecule has 1 N–H and O–H groups in total. The molecule has 0 bridgehead atoms. The zero-order valence-electron chi connectivity index (χ0n) is 17.0. The molecule has 0 saturated carbocycles. The van der Waals surface area contributed by atoms with Gasteiger partial charge in [0.2, 0.25) is 0 Å². The summed E-state index contributed by atoms with van der Waals surface area (Å²) in [5, 5.41) is 7.73. The predicted octanol–water partition coefficient (Wildman–Crippen LogP) is 4.83. The van der Waals surface area contributed by atoms with Crippen LogP contribution in [0.3, 0.4) is 0 Å². The summed E-state index contributed by atoms with van der Waals surface area (Å²) in [6, 6.07) is 24.1. The van der Waals surface area contributed by atoms with Crippen molar-refractivity contribution in [1.29, 1.82) is 0 Å². The standard InChI is InChI=1S/C26H21N3O2/c30-26(29-14-13-17-5-1-2-6-20(17)15-29)19-11-9-18(10-12-19)24-22-16-31-23-8-4-3-7-21(23)25(22)28-27-24/h1-12H,13-16H2,(H,27,28). The maximum absolute atomic E-state index is 13.1. The average molecular weight is 407 g/mol. The van der Waals surface area contributed by atoms with Crippen LogP contribution in [0.15, 0.2) is 72.8 Å². The van der Waals surface area contributed by atoms with Crippen molar-refractivity contribution in [3.63, 3.8) is 0 Å². The quantitative estimate of drug-likeness (QED) is 0.518. The Morgan fingerprint density at radius 1 is 0.935 bits per heavy atom. The lowest BCUT2D eigenvalue weighted by Crippen LogP contribution is -2.35. The van der Waals surface area contributed by atoms with E-state index in [0.717, 1.165) is 46.8 Å². The van der Waals surface area contributed by atoms with E-state index >= 15 is 0 Å². The molecule has 6 rings (SSSR count). The third kappa shape index (κ3) is 3.01. The van der Waals surface area contributed by atoms with Gasteiger partial charge in [-0.15, -0.1) is 0 Å². The van der Waals surface area contributed by atoms with Crippen LogP contribution in [-0.4, -0.2) is 27.5 Å². The second kappa shape index (κ2) is 7.13. The Balaban J connectivity index is 1.26. The Morgan fingerprint density at radius 3 is 2.58 bits per heavy atom. The summed E-state index contributed by atoms with van der Waals surface area (Å²) in [4.78, 5) is 15.0. The summed E-state index contributed by atoms with van der Waals surface area (Å²) in [6.07, 6.45) is 0.904. The number of hydrogen-bond donors (Lipinski definition) is 1. The number of H-pyrrole nitrogens is 1. The van der Waals surface area contributed by atoms with Crippen LogP contribution in [0.5, 0.6) is 5.75 Å². The number of aromatic amines is 1. The highest BCUT2D eigenvalue weighted by Gasteiger charge is 2.24. The number of carbonyl (C=O) groups excluding carboxylic acids is 1. The van der Waals surface area contributed by atoms with E-state index in [4.69, 9.17) is 4.74 Å². The summed E-state index contributed by atoms with van der Waals surface area (Å²) in [6.45, 7) is 1.90. The van der Waals surface area contributed by atoms with Crippen molar-refractivity contribution in [2.45, 2.75) is 19.6 Å². The van der Waals surface area contributed by atoms with Crippen molar-refractivity contribution in [3.8, 4) is 28.3 Å². The Hall–Kier alpha value is -3.86. The lowest BCUT2D eigenvalue weighted by molar-refractivity contribution is 0.0734. The Bertz CT molecular complexity index is 1290. The molecule has 1 aromatic heterocycles. The number of amides is 1. The molecule has 2 aliphatic heterocycles. The minimum absolute atomic E-state index is 0.0716. The summed E-state index contributed by atoms with van der Waals surface area (Å²) in [5.41, 5.74) is 8.20. The molecule has 0 spiro atoms. The molecule has 5 nitrogen and oxygen atoms in total. The number of para-hydroxylation sites is 1. The molecule has 0 radical (unpaired) electrons. The fourth-order valence-corrected chi connectivity index (χ4v) is 4.54. The monoisotopic (exact) mass is 407 g/mol. The molecule has 2 aliphatic rings. The van der Waals surface area contributed by atoms with Gasteiger partial charge in [0.25, 0.3) is 5.91 Å². The third-order valence-corrected chi connectivity index (χ3v) is 6.22. The molecule has 0 fully saturated rings. The first-order chi connectivity index (χ1) is 15.3. The van der Waals surface area contributed by atoms with Crippen LogP contribution in [0.2, 0.25) is 0 Å². The third-order valence-electron chi connectivity index (χ3n) is 6.22. The first-order valence-electron chi connectivity index (χ1n) is 10.5. The lowest BCUT2D eigenvalue weighted by Gasteiger charge is -2.29. The van der Waals surface area contributed by atoms with Crippen LogP contribution in [0.1, 0.15) is 27.0 Å². The van der Waals surface area contributed by atoms with Crippen molar-refractivity contribution in [2.75, 3.05) is 6.54 Å². The van der Waals surface area contributed by atoms with Gasteiger partial charge in [-0.2, -0.15) is 5.10 Å². The molecule has 3 heterocycles. The summed E-state index contributed by atoms with van der Waals surface area (Å²) >= 11 is 0. The highest BCUT2D eigenvalue weighted by atomic mass is 16.5. The first-order valence-corrected chi connectivity index (χ1v) is 10.5. The Labute approximate surface area is 180 Å². The first kappa shape index (κ1) is 18.0. The minimum atomic E-state index is 0.0716. The van der Waals surface area contributed by atoms with E-state index in [1.165, 1.54) is 11.1 Å². The van der Waals surface area contributed by atoms with Gasteiger partial charge in [-0.05, 0) is 41.8 Å². The van der Waals surface area contributed by atoms with Gasteiger partial charge in [0.15, 0.2) is 0 Å². The van der Waals surface area contributed by atoms with Gasteiger partial charge >= 0.3 is 0 Å². The zero-order valence-corrected chi connectivity index (χ0v) is 17.0. The number of ether oxygens (including phenoxy) is 1. The van der Waals surface area contributed by atoms with Crippen molar-refractivity contribution >= 4 is 5.91 Å². The van der Waals surface area contributed by atoms with E-state index in [1.807, 2.05) is 59.5 Å². The average Bonchev–Trinajstić information content (AvgIpc) is 3.28. The summed E-state index contributed by atoms with van der Waals surface area (Å²) < 4.78 is 5.92. The smallest absolute Gasteiger partial charge is 0.254 e. The molecular weight excluding hydrogens is 386 g/mol. The lowest BCUT2D eigenvalue weighted by atomic mass is 9.98. The molecule has 0 atom stereocenters. The van der Waals surface area contributed by atoms with Crippen molar-refractivity contribution in [1.82, 2.24) is 15.1 Å². The second-order valence-corrected chi connectivity index (χ2v) is 8.03. The van der Waals surface area contributed by atoms with Crippen LogP contribution in [-0.2, 0) is 19.6 Å². The number of benzene rings is 3. The van der Waals surface area contributed by atoms with E-state index in [9.17, 15) is 4.79 Å². The zero-order chi connectivity index (χ0) is 20.8. The predicted molar refractivity (Wildman–Crippen MR) is 119 cm³/mol. The van der Waals surface area contributed by atoms with Gasteiger partial charge in [-0.3, -0.25) is 9.89 Å². The van der Waals surface area contributed by atoms with E-state index in [-0.39, 0.29) is 5.91 Å². The van der Waals surface area contributed by atoms with Gasteiger partial charge in [-0.1, -0.05) is 48.5 Å². The molecule has 4 aromatic rings. The molecule has 1 amide bonds. The summed E-state index contributed by atoms with van der Waals surface area (Å²) in [5.74, 6) is 0.941. The topological polar surface area (TPSA) is 58.2 Å². The van der Waals surface area contributed by atoms with Crippen LogP contribution < -0.4 is 4.74 Å². The number of hydrogen-bond acceptors (Lipinski definition) is 3. The van der Waals surface area contributed by atoms with E-state index in [0.29, 0.717) is 18.7 Å². The number of nitrogens with zero attached hydrogens (tertiary/aromatic N) is 2. The van der Waals surface area contributed by atoms with Gasteiger partial charge < -0.3 is 9.64 Å². The highest BCUT2D eigenvalue weighted by molar-refractivity contribution is 5.95. The molecule has 0 unspecified atom stereocenters. The Morgan fingerprint density at radius 2 is 1.71 bits per heavy atom. The van der Waals surface area contributed by atoms with Gasteiger partial charge in [-0.25, -0.2) is 0 Å². The van der Waals surface area contributed by atoms with Crippen LogP contribution in [0.25, 0.3) is 22.5 Å². The maximum Gasteiger partial charge on any atom is 0.254 e. The highest BCUT2D eigenvalue weighted by Crippen LogP contribution is 2.39. The number of carbonyl (C=O) groups is 1. The van der Waals surface area contributed by atoms with Crippen molar-refractivity contribution in [2.24, 2.45) is 0 Å². The van der Waals surface area contributed by atoms with Gasteiger partial charge in [0.05, 0.1) is 11.4 Å². The molecule has 5 heteroatoms. The largest absolute Gasteiger partial charge is 0.488 e. The number of aromatic nitrogens is 2. The SMILES string of the molecule is O=C(c1ccc(-c2n[nH]c3c2COc2ccccc2-3)cc1)N1CCc2ccccc2C1. The molecule has 152 valence electrons. The van der Waals surface area contributed by atoms with Gasteiger partial charge in [0.1, 0.15) is 12.4 Å². The molecule has 3 aromatic carbocycles. The van der Waals surface area contributed by atoms with Crippen molar-refractivity contribution < 1.29 is 9.53 Å². The number of fused-ring (bicyclic) bond motifs is 4. The van der Waals surface area contributed by atoms with E-state index in [1.54, 1.807) is 0 Å². The van der Waals surface area contributed by atoms with Crippen molar-refractivity contribution in [3.05, 3.63) is 95.1 Å². The summed E-state index contributed by atoms with van der Waals surface area (Å²) in [7, 11) is 0. The number of nitrogens with one attached hydrogen (secondary N) is 1. The van der Waals surface area contributed by atoms with Gasteiger partial charge in [0, 0.05) is 35.3 Å². The second-order valence-electron chi connectivity index (χ2n) is 8.03. The van der Waals surface area contributed by atoms with Crippen LogP contribution in [0, 0.1) is 0 Å². The van der Waals surface area contributed by atoms with E-state index < -0.39 is 0 Å². The maximum atomic E-state index is 13.1. The number of rotatable bonds is 2. The minimum Gasteiger partial charge on any atom is -0.488 e. The molecular formula is C26H21N3O2. The van der Waals surface area contributed by atoms with E-state index in [2.05, 4.69) is 28.4 Å². The fraction of sp³-hybridized carbons (Fsp3) is 0.154. The van der Waals surface area contributed by atoms with Crippen LogP contribution in [0.4, 0.5) is 0 Å². The normalized spacial score (nSPS) is 14.3. The molecule has 0 saturated heterocycles.